The van der Waals surface area contributed by atoms with E-state index in [0.717, 1.165) is 16.7 Å². The van der Waals surface area contributed by atoms with Crippen LogP contribution < -0.4 is 43.7 Å². The Morgan fingerprint density at radius 1 is 0.400 bits per heavy atom. The Kier molecular flexibility index (Phi) is 6.20. The molecule has 35 heavy (non-hydrogen) atoms. The minimum Gasteiger partial charge on any atom is -0.110 e. The number of hydrogen-bond donors (Lipinski definition) is 0. The molecular formula is C26H9B8Br. The van der Waals surface area contributed by atoms with Gasteiger partial charge in [0.2, 0.25) is 0 Å². The summed E-state index contributed by atoms with van der Waals surface area (Å²) >= 11 is 3.66. The average molecular weight is 488 g/mol. The average Bonchev–Trinajstić information content (AvgIpc) is 2.88. The molecule has 0 unspecified atom stereocenters. The van der Waals surface area contributed by atoms with E-state index in [1.165, 1.54) is 0 Å². The van der Waals surface area contributed by atoms with Gasteiger partial charge in [0.1, 0.15) is 62.8 Å². The van der Waals surface area contributed by atoms with E-state index in [4.69, 9.17) is 62.8 Å². The highest BCUT2D eigenvalue weighted by molar-refractivity contribution is 9.10. The number of benzene rings is 5. The van der Waals surface area contributed by atoms with Gasteiger partial charge in [0, 0.05) is 4.47 Å². The normalized spacial score (nSPS) is 11.3. The maximum atomic E-state index is 6.58. The zero-order valence-electron chi connectivity index (χ0n) is 18.7. The van der Waals surface area contributed by atoms with Gasteiger partial charge in [0.05, 0.1) is 0 Å². The fourth-order valence-corrected chi connectivity index (χ4v) is 5.48. The topological polar surface area (TPSA) is 0 Å². The highest BCUT2D eigenvalue weighted by Crippen LogP contribution is 2.39. The standard InChI is InChI=1S/C26H9B8Br/c27-18-14-13(12-8-4-7-11(9-12)10-5-2-1-3-6-10)15-17(21(30)25(34)23(32)19(15)28)26(35)16(14)20(29)24(33)22(18)31/h1-9H. The third kappa shape index (κ3) is 3.61. The fourth-order valence-electron chi connectivity index (χ4n) is 4.66. The van der Waals surface area contributed by atoms with Crippen LogP contribution in [0.5, 0.6) is 0 Å². The molecule has 0 N–H and O–H groups in total. The predicted molar refractivity (Wildman–Crippen MR) is 163 cm³/mol. The second-order valence-electron chi connectivity index (χ2n) is 8.45. The van der Waals surface area contributed by atoms with Crippen molar-refractivity contribution in [2.45, 2.75) is 0 Å². The largest absolute Gasteiger partial charge is 0.113 e. The van der Waals surface area contributed by atoms with Gasteiger partial charge in [-0.1, -0.05) is 70.4 Å². The Morgan fingerprint density at radius 3 is 1.29 bits per heavy atom. The zero-order chi connectivity index (χ0) is 25.2. The van der Waals surface area contributed by atoms with Crippen LogP contribution in [0.4, 0.5) is 0 Å². The molecule has 0 atom stereocenters. The number of halogens is 1. The Labute approximate surface area is 224 Å². The minimum atomic E-state index is 0.189. The van der Waals surface area contributed by atoms with Gasteiger partial charge in [0.15, 0.2) is 0 Å². The van der Waals surface area contributed by atoms with Crippen LogP contribution in [0.15, 0.2) is 59.1 Å². The lowest BCUT2D eigenvalue weighted by Gasteiger charge is -2.27. The van der Waals surface area contributed by atoms with Gasteiger partial charge in [-0.05, 0) is 65.8 Å². The van der Waals surface area contributed by atoms with Crippen LogP contribution in [0.3, 0.4) is 0 Å². The Bertz CT molecular complexity index is 1600. The molecule has 9 heteroatoms. The smallest absolute Gasteiger partial charge is 0.110 e. The molecule has 0 nitrogen and oxygen atoms in total. The third-order valence-electron chi connectivity index (χ3n) is 6.52. The summed E-state index contributed by atoms with van der Waals surface area (Å²) in [5, 5.41) is 2.32. The minimum absolute atomic E-state index is 0.189. The zero-order valence-corrected chi connectivity index (χ0v) is 20.3. The van der Waals surface area contributed by atoms with E-state index in [-0.39, 0.29) is 43.7 Å². The van der Waals surface area contributed by atoms with Gasteiger partial charge < -0.3 is 0 Å². The summed E-state index contributed by atoms with van der Waals surface area (Å²) in [6.45, 7) is 0. The molecule has 5 rings (SSSR count). The van der Waals surface area contributed by atoms with Crippen LogP contribution in [0, 0.1) is 0 Å². The second-order valence-corrected chi connectivity index (χ2v) is 9.24. The Hall–Kier alpha value is -2.38. The summed E-state index contributed by atoms with van der Waals surface area (Å²) in [6.07, 6.45) is 0. The van der Waals surface area contributed by atoms with E-state index in [1.54, 1.807) is 0 Å². The van der Waals surface area contributed by atoms with Crippen LogP contribution in [0.25, 0.3) is 43.8 Å². The van der Waals surface area contributed by atoms with Gasteiger partial charge in [-0.25, -0.2) is 0 Å². The summed E-state index contributed by atoms with van der Waals surface area (Å²) in [4.78, 5) is 0. The van der Waals surface area contributed by atoms with E-state index < -0.39 is 0 Å². The molecule has 0 heterocycles. The molecule has 0 amide bonds. The van der Waals surface area contributed by atoms with Gasteiger partial charge in [-0.15, -0.1) is 21.9 Å². The van der Waals surface area contributed by atoms with E-state index in [1.807, 2.05) is 54.6 Å². The lowest BCUT2D eigenvalue weighted by atomic mass is 9.61. The first kappa shape index (κ1) is 24.3. The quantitative estimate of drug-likeness (QED) is 0.209. The van der Waals surface area contributed by atoms with Crippen molar-refractivity contribution in [3.63, 3.8) is 0 Å². The van der Waals surface area contributed by atoms with Crippen LogP contribution in [0.2, 0.25) is 0 Å². The molecule has 0 aliphatic rings. The van der Waals surface area contributed by atoms with Gasteiger partial charge in [-0.3, -0.25) is 0 Å². The summed E-state index contributed by atoms with van der Waals surface area (Å²) in [5.41, 5.74) is 5.41. The van der Waals surface area contributed by atoms with E-state index in [9.17, 15) is 0 Å². The molecule has 0 fully saturated rings. The molecule has 5 aromatic rings. The van der Waals surface area contributed by atoms with Crippen molar-refractivity contribution in [3.05, 3.63) is 59.1 Å². The number of rotatable bonds is 2. The molecular weight excluding hydrogens is 479 g/mol. The van der Waals surface area contributed by atoms with Crippen molar-refractivity contribution in [1.82, 2.24) is 0 Å². The SMILES string of the molecule is [B]c1c([B])c([B])c2c(-c3cccc(-c4ccccc4)c3)c3c([B])c([B])c([B])c([B])c3c(Br)c2c1[B]. The Balaban J connectivity index is 2.08. The monoisotopic (exact) mass is 488 g/mol. The summed E-state index contributed by atoms with van der Waals surface area (Å²) < 4.78 is 0.553. The predicted octanol–water partition coefficient (Wildman–Crippen LogP) is -1.56. The number of hydrogen-bond acceptors (Lipinski definition) is 0. The molecule has 0 saturated heterocycles. The first-order chi connectivity index (χ1) is 16.6. The van der Waals surface area contributed by atoms with Crippen LogP contribution >= 0.6 is 15.9 Å². The van der Waals surface area contributed by atoms with Crippen molar-refractivity contribution >= 4 is 144 Å². The van der Waals surface area contributed by atoms with E-state index >= 15 is 0 Å². The fraction of sp³-hybridized carbons (Fsp3) is 0. The van der Waals surface area contributed by atoms with Crippen molar-refractivity contribution in [2.24, 2.45) is 0 Å². The van der Waals surface area contributed by atoms with Crippen LogP contribution in [-0.4, -0.2) is 62.8 Å². The van der Waals surface area contributed by atoms with Crippen molar-refractivity contribution < 1.29 is 0 Å². The molecule has 0 aliphatic heterocycles. The molecule has 0 saturated carbocycles. The molecule has 144 valence electrons. The molecule has 16 radical (unpaired) electrons. The summed E-state index contributed by atoms with van der Waals surface area (Å²) in [5.74, 6) is 0. The van der Waals surface area contributed by atoms with Crippen molar-refractivity contribution in [3.8, 4) is 22.3 Å². The lowest BCUT2D eigenvalue weighted by molar-refractivity contribution is 1.61. The third-order valence-corrected chi connectivity index (χ3v) is 7.31. The first-order valence-corrected chi connectivity index (χ1v) is 11.5. The molecule has 0 spiro atoms. The first-order valence-electron chi connectivity index (χ1n) is 10.7. The van der Waals surface area contributed by atoms with Crippen LogP contribution in [0.1, 0.15) is 0 Å². The maximum Gasteiger partial charge on any atom is 0.113 e. The molecule has 0 aromatic heterocycles. The summed E-state index contributed by atoms with van der Waals surface area (Å²) in [6, 6.07) is 18.0. The van der Waals surface area contributed by atoms with Gasteiger partial charge >= 0.3 is 0 Å². The van der Waals surface area contributed by atoms with Gasteiger partial charge in [0.25, 0.3) is 0 Å². The van der Waals surface area contributed by atoms with Crippen molar-refractivity contribution in [2.75, 3.05) is 0 Å². The molecule has 0 bridgehead atoms. The molecule has 0 aliphatic carbocycles. The van der Waals surface area contributed by atoms with E-state index in [2.05, 4.69) is 15.9 Å². The maximum absolute atomic E-state index is 6.58. The highest BCUT2D eigenvalue weighted by Gasteiger charge is 2.22. The highest BCUT2D eigenvalue weighted by atomic mass is 79.9. The second kappa shape index (κ2) is 8.93. The summed E-state index contributed by atoms with van der Waals surface area (Å²) in [7, 11) is 51.2. The van der Waals surface area contributed by atoms with Crippen molar-refractivity contribution in [1.29, 1.82) is 0 Å². The number of fused-ring (bicyclic) bond motifs is 2. The van der Waals surface area contributed by atoms with Crippen LogP contribution in [-0.2, 0) is 0 Å². The molecule has 5 aromatic carbocycles. The lowest BCUT2D eigenvalue weighted by Crippen LogP contribution is -2.49. The van der Waals surface area contributed by atoms with Gasteiger partial charge in [-0.2, -0.15) is 0 Å². The van der Waals surface area contributed by atoms with E-state index in [0.29, 0.717) is 31.6 Å². The Morgan fingerprint density at radius 2 is 0.800 bits per heavy atom.